The summed E-state index contributed by atoms with van der Waals surface area (Å²) < 4.78 is 5.04. The van der Waals surface area contributed by atoms with Gasteiger partial charge in [0.15, 0.2) is 0 Å². The van der Waals surface area contributed by atoms with Crippen molar-refractivity contribution in [2.75, 3.05) is 39.9 Å². The number of fused-ring (bicyclic) bond motifs is 2. The Morgan fingerprint density at radius 2 is 1.97 bits per heavy atom. The number of hydrogen-bond donors (Lipinski definition) is 0. The van der Waals surface area contributed by atoms with Crippen LogP contribution in [0.3, 0.4) is 0 Å². The fourth-order valence-electron chi connectivity index (χ4n) is 4.33. The van der Waals surface area contributed by atoms with Gasteiger partial charge in [0.2, 0.25) is 0 Å². The molecule has 0 aliphatic carbocycles. The molecule has 2 fully saturated rings. The molecule has 8 heteroatoms. The molecule has 4 rings (SSSR count). The topological polar surface area (TPSA) is 83.1 Å². The maximum Gasteiger partial charge on any atom is 0.327 e. The second-order valence-corrected chi connectivity index (χ2v) is 8.64. The zero-order valence-corrected chi connectivity index (χ0v) is 17.5. The van der Waals surface area contributed by atoms with E-state index >= 15 is 0 Å². The van der Waals surface area contributed by atoms with Crippen LogP contribution in [0.5, 0.6) is 0 Å². The first-order valence-corrected chi connectivity index (χ1v) is 10.1. The highest BCUT2D eigenvalue weighted by Crippen LogP contribution is 2.31. The molecule has 8 nitrogen and oxygen atoms in total. The smallest absolute Gasteiger partial charge is 0.327 e. The second-order valence-electron chi connectivity index (χ2n) is 8.64. The summed E-state index contributed by atoms with van der Waals surface area (Å²) >= 11 is 0. The van der Waals surface area contributed by atoms with Gasteiger partial charge in [-0.15, -0.1) is 0 Å². The van der Waals surface area contributed by atoms with Gasteiger partial charge in [0.05, 0.1) is 19.7 Å². The Morgan fingerprint density at radius 3 is 2.73 bits per heavy atom. The molecular formula is C22H26N4O4. The fourth-order valence-corrected chi connectivity index (χ4v) is 4.33. The number of benzene rings is 1. The fraction of sp³-hybridized carbons (Fsp3) is 0.455. The molecule has 1 aromatic carbocycles. The molecule has 2 aliphatic rings. The highest BCUT2D eigenvalue weighted by molar-refractivity contribution is 6.07. The summed E-state index contributed by atoms with van der Waals surface area (Å²) in [6.07, 6.45) is 1.63. The lowest BCUT2D eigenvalue weighted by atomic mass is 9.92. The lowest BCUT2D eigenvalue weighted by Crippen LogP contribution is -2.44. The number of ether oxygens (including phenoxy) is 1. The quantitative estimate of drug-likeness (QED) is 0.720. The molecule has 3 heterocycles. The number of aromatic nitrogens is 1. The third-order valence-electron chi connectivity index (χ3n) is 5.70. The number of methoxy groups -OCH3 is 1. The van der Waals surface area contributed by atoms with Gasteiger partial charge in [0.25, 0.3) is 11.8 Å². The summed E-state index contributed by atoms with van der Waals surface area (Å²) in [7, 11) is 1.53. The predicted octanol–water partition coefficient (Wildman–Crippen LogP) is 2.00. The van der Waals surface area contributed by atoms with Crippen molar-refractivity contribution in [3.63, 3.8) is 0 Å². The Labute approximate surface area is 175 Å². The molecule has 0 saturated carbocycles. The average molecular weight is 410 g/mol. The number of amides is 4. The number of imide groups is 1. The molecule has 0 spiro atoms. The van der Waals surface area contributed by atoms with E-state index in [2.05, 4.69) is 4.98 Å². The minimum absolute atomic E-state index is 0.154. The monoisotopic (exact) mass is 410 g/mol. The molecule has 0 N–H and O–H groups in total. The second kappa shape index (κ2) is 7.68. The van der Waals surface area contributed by atoms with Gasteiger partial charge in [-0.2, -0.15) is 0 Å². The van der Waals surface area contributed by atoms with E-state index in [9.17, 15) is 14.4 Å². The van der Waals surface area contributed by atoms with Crippen LogP contribution in [0, 0.1) is 5.41 Å². The number of hydrogen-bond acceptors (Lipinski definition) is 5. The van der Waals surface area contributed by atoms with Gasteiger partial charge in [-0.1, -0.05) is 38.1 Å². The van der Waals surface area contributed by atoms with Crippen LogP contribution in [0.1, 0.15) is 24.3 Å². The first kappa shape index (κ1) is 20.3. The molecule has 4 amide bonds. The van der Waals surface area contributed by atoms with Crippen LogP contribution in [0.4, 0.5) is 4.79 Å². The first-order chi connectivity index (χ1) is 14.3. The van der Waals surface area contributed by atoms with Crippen molar-refractivity contribution < 1.29 is 19.1 Å². The van der Waals surface area contributed by atoms with Gasteiger partial charge in [-0.25, -0.2) is 4.79 Å². The van der Waals surface area contributed by atoms with Crippen LogP contribution >= 0.6 is 0 Å². The molecular weight excluding hydrogens is 384 g/mol. The van der Waals surface area contributed by atoms with E-state index in [4.69, 9.17) is 4.74 Å². The van der Waals surface area contributed by atoms with E-state index < -0.39 is 6.04 Å². The molecule has 2 aliphatic heterocycles. The van der Waals surface area contributed by atoms with Crippen LogP contribution in [0.15, 0.2) is 36.5 Å². The third-order valence-corrected chi connectivity index (χ3v) is 5.70. The van der Waals surface area contributed by atoms with Gasteiger partial charge in [-0.3, -0.25) is 19.5 Å². The van der Waals surface area contributed by atoms with E-state index in [-0.39, 0.29) is 43.0 Å². The lowest BCUT2D eigenvalue weighted by molar-refractivity contribution is -0.128. The molecule has 2 saturated heterocycles. The van der Waals surface area contributed by atoms with Gasteiger partial charge in [0.1, 0.15) is 11.7 Å². The SMILES string of the molecule is COCCN1C(=O)C2CN(C(=O)c3nccc4ccccc34)CC(C)(C)CN2C1=O. The molecule has 0 bridgehead atoms. The zero-order valence-electron chi connectivity index (χ0n) is 17.5. The summed E-state index contributed by atoms with van der Waals surface area (Å²) in [5.41, 5.74) is -0.00674. The summed E-state index contributed by atoms with van der Waals surface area (Å²) in [6.45, 7) is 5.48. The number of rotatable bonds is 4. The van der Waals surface area contributed by atoms with Crippen molar-refractivity contribution in [3.8, 4) is 0 Å². The number of urea groups is 1. The van der Waals surface area contributed by atoms with Crippen molar-refractivity contribution in [1.82, 2.24) is 19.7 Å². The summed E-state index contributed by atoms with van der Waals surface area (Å²) in [4.78, 5) is 48.2. The van der Waals surface area contributed by atoms with Crippen molar-refractivity contribution in [1.29, 1.82) is 0 Å². The molecule has 1 atom stereocenters. The third kappa shape index (κ3) is 3.52. The summed E-state index contributed by atoms with van der Waals surface area (Å²) in [5.74, 6) is -0.504. The Balaban J connectivity index is 1.67. The Bertz CT molecular complexity index is 1000. The average Bonchev–Trinajstić information content (AvgIpc) is 2.86. The van der Waals surface area contributed by atoms with Crippen LogP contribution in [-0.4, -0.2) is 83.5 Å². The first-order valence-electron chi connectivity index (χ1n) is 10.1. The molecule has 2 aromatic rings. The van der Waals surface area contributed by atoms with E-state index in [0.29, 0.717) is 18.8 Å². The molecule has 30 heavy (non-hydrogen) atoms. The zero-order chi connectivity index (χ0) is 21.5. The Hall–Kier alpha value is -3.00. The van der Waals surface area contributed by atoms with E-state index in [1.165, 1.54) is 12.0 Å². The van der Waals surface area contributed by atoms with Gasteiger partial charge in [0, 0.05) is 37.2 Å². The van der Waals surface area contributed by atoms with E-state index in [1.54, 1.807) is 16.0 Å². The van der Waals surface area contributed by atoms with Crippen molar-refractivity contribution in [3.05, 3.63) is 42.2 Å². The standard InChI is InChI=1S/C22H26N4O4/c1-22(2)13-24(20(28)18-16-7-5-4-6-15(16)8-9-23-18)12-17-19(27)25(10-11-30-3)21(29)26(17)14-22/h4-9,17H,10-14H2,1-3H3. The minimum atomic E-state index is -0.685. The van der Waals surface area contributed by atoms with Gasteiger partial charge >= 0.3 is 6.03 Å². The Morgan fingerprint density at radius 1 is 1.20 bits per heavy atom. The van der Waals surface area contributed by atoms with Gasteiger partial charge in [-0.05, 0) is 11.5 Å². The molecule has 158 valence electrons. The molecule has 1 unspecified atom stereocenters. The minimum Gasteiger partial charge on any atom is -0.383 e. The highest BCUT2D eigenvalue weighted by Gasteiger charge is 2.50. The summed E-state index contributed by atoms with van der Waals surface area (Å²) in [5, 5.41) is 1.71. The van der Waals surface area contributed by atoms with Crippen molar-refractivity contribution in [2.24, 2.45) is 5.41 Å². The predicted molar refractivity (Wildman–Crippen MR) is 111 cm³/mol. The number of carbonyl (C=O) groups is 3. The van der Waals surface area contributed by atoms with Crippen LogP contribution in [0.2, 0.25) is 0 Å². The number of carbonyl (C=O) groups excluding carboxylic acids is 3. The maximum absolute atomic E-state index is 13.5. The number of nitrogens with zero attached hydrogens (tertiary/aromatic N) is 4. The van der Waals surface area contributed by atoms with Crippen molar-refractivity contribution >= 4 is 28.6 Å². The van der Waals surface area contributed by atoms with Gasteiger partial charge < -0.3 is 14.5 Å². The normalized spacial score (nSPS) is 21.2. The van der Waals surface area contributed by atoms with Crippen LogP contribution in [0.25, 0.3) is 10.8 Å². The van der Waals surface area contributed by atoms with Crippen molar-refractivity contribution in [2.45, 2.75) is 19.9 Å². The molecule has 0 radical (unpaired) electrons. The Kier molecular flexibility index (Phi) is 5.19. The molecule has 1 aromatic heterocycles. The van der Waals surface area contributed by atoms with E-state index in [1.807, 2.05) is 44.2 Å². The van der Waals surface area contributed by atoms with Crippen LogP contribution < -0.4 is 0 Å². The van der Waals surface area contributed by atoms with Crippen LogP contribution in [-0.2, 0) is 9.53 Å². The maximum atomic E-state index is 13.5. The lowest BCUT2D eigenvalue weighted by Gasteiger charge is -2.30. The number of pyridine rings is 1. The highest BCUT2D eigenvalue weighted by atomic mass is 16.5. The largest absolute Gasteiger partial charge is 0.383 e. The van der Waals surface area contributed by atoms with E-state index in [0.717, 1.165) is 10.8 Å². The summed E-state index contributed by atoms with van der Waals surface area (Å²) in [6, 6.07) is 8.48.